The highest BCUT2D eigenvalue weighted by atomic mass is 32.1. The van der Waals surface area contributed by atoms with Gasteiger partial charge in [-0.05, 0) is 24.5 Å². The molecule has 1 fully saturated rings. The van der Waals surface area contributed by atoms with Crippen molar-refractivity contribution in [3.05, 3.63) is 53.1 Å². The summed E-state index contributed by atoms with van der Waals surface area (Å²) < 4.78 is 6.35. The van der Waals surface area contributed by atoms with Crippen LogP contribution in [0.15, 0.2) is 37.1 Å². The van der Waals surface area contributed by atoms with Crippen LogP contribution in [0.1, 0.15) is 33.6 Å². The first kappa shape index (κ1) is 19.1. The molecule has 1 saturated heterocycles. The Labute approximate surface area is 178 Å². The third kappa shape index (κ3) is 3.33. The van der Waals surface area contributed by atoms with Crippen molar-refractivity contribution in [2.45, 2.75) is 24.9 Å². The Hall–Kier alpha value is -2.91. The maximum Gasteiger partial charge on any atom is 0.256 e. The number of fused-ring (bicyclic) bond motifs is 2. The molecule has 1 spiro atoms. The van der Waals surface area contributed by atoms with Gasteiger partial charge in [-0.1, -0.05) is 0 Å². The number of piperidine rings is 1. The zero-order valence-corrected chi connectivity index (χ0v) is 17.5. The van der Waals surface area contributed by atoms with Gasteiger partial charge in [-0.25, -0.2) is 9.97 Å². The van der Waals surface area contributed by atoms with Gasteiger partial charge in [0.05, 0.1) is 34.5 Å². The summed E-state index contributed by atoms with van der Waals surface area (Å²) in [7, 11) is 1.75. The van der Waals surface area contributed by atoms with E-state index in [9.17, 15) is 4.79 Å². The van der Waals surface area contributed by atoms with Gasteiger partial charge in [0.15, 0.2) is 0 Å². The van der Waals surface area contributed by atoms with Gasteiger partial charge in [-0.15, -0.1) is 11.3 Å². The molecule has 3 aromatic rings. The Balaban J connectivity index is 1.35. The molecule has 3 aromatic heterocycles. The highest BCUT2D eigenvalue weighted by molar-refractivity contribution is 7.15. The van der Waals surface area contributed by atoms with Gasteiger partial charge in [-0.2, -0.15) is 0 Å². The van der Waals surface area contributed by atoms with Crippen LogP contribution in [0.2, 0.25) is 0 Å². The van der Waals surface area contributed by atoms with Crippen LogP contribution in [-0.4, -0.2) is 57.5 Å². The predicted octanol–water partition coefficient (Wildman–Crippen LogP) is 2.74. The second kappa shape index (κ2) is 7.73. The molecule has 5 rings (SSSR count). The van der Waals surface area contributed by atoms with Crippen LogP contribution < -0.4 is 5.32 Å². The number of likely N-dealkylation sites (tertiary alicyclic amines) is 1. The summed E-state index contributed by atoms with van der Waals surface area (Å²) in [6.45, 7) is 1.99. The van der Waals surface area contributed by atoms with E-state index in [1.54, 1.807) is 49.4 Å². The maximum atomic E-state index is 12.9. The lowest BCUT2D eigenvalue weighted by molar-refractivity contribution is -0.0926. The number of hydrogen-bond acceptors (Lipinski definition) is 8. The van der Waals surface area contributed by atoms with Crippen molar-refractivity contribution in [1.82, 2.24) is 24.8 Å². The minimum atomic E-state index is -0.326. The fraction of sp³-hybridized carbons (Fsp3) is 0.381. The molecule has 2 aliphatic heterocycles. The minimum absolute atomic E-state index is 0.0332. The van der Waals surface area contributed by atoms with E-state index in [1.807, 2.05) is 4.90 Å². The molecule has 0 radical (unpaired) electrons. The van der Waals surface area contributed by atoms with Crippen LogP contribution in [0.4, 0.5) is 5.95 Å². The van der Waals surface area contributed by atoms with Crippen molar-refractivity contribution in [3.8, 4) is 10.6 Å². The van der Waals surface area contributed by atoms with Gasteiger partial charge in [0.25, 0.3) is 5.91 Å². The van der Waals surface area contributed by atoms with Crippen molar-refractivity contribution < 1.29 is 9.53 Å². The molecule has 9 heteroatoms. The molecule has 0 atom stereocenters. The lowest BCUT2D eigenvalue weighted by Crippen LogP contribution is -2.48. The van der Waals surface area contributed by atoms with Crippen molar-refractivity contribution >= 4 is 23.2 Å². The van der Waals surface area contributed by atoms with Crippen LogP contribution in [0.3, 0.4) is 0 Å². The predicted molar refractivity (Wildman–Crippen MR) is 113 cm³/mol. The molecule has 5 heterocycles. The third-order valence-corrected chi connectivity index (χ3v) is 7.02. The number of carbonyl (C=O) groups excluding carboxylic acids is 1. The molecule has 2 aliphatic rings. The van der Waals surface area contributed by atoms with E-state index in [2.05, 4.69) is 31.3 Å². The Bertz CT molecular complexity index is 1050. The highest BCUT2D eigenvalue weighted by Crippen LogP contribution is 2.46. The number of thiophene rings is 1. The van der Waals surface area contributed by atoms with E-state index in [4.69, 9.17) is 4.74 Å². The Morgan fingerprint density at radius 2 is 1.97 bits per heavy atom. The van der Waals surface area contributed by atoms with Crippen LogP contribution in [0.5, 0.6) is 0 Å². The molecule has 30 heavy (non-hydrogen) atoms. The van der Waals surface area contributed by atoms with E-state index in [1.165, 1.54) is 10.4 Å². The standard InChI is InChI=1S/C21H22N6O2S/c1-22-20-25-11-14(12-26-20)19(28)27-7-3-21(4-8-27)15-10-18(16-13-23-5-6-24-16)30-17(15)2-9-29-21/h5-6,10-13H,2-4,7-9H2,1H3,(H,22,25,26). The molecule has 8 nitrogen and oxygen atoms in total. The summed E-state index contributed by atoms with van der Waals surface area (Å²) in [5.41, 5.74) is 2.34. The van der Waals surface area contributed by atoms with E-state index >= 15 is 0 Å². The number of anilines is 1. The average Bonchev–Trinajstić information content (AvgIpc) is 3.26. The van der Waals surface area contributed by atoms with Gasteiger partial charge in [-0.3, -0.25) is 14.8 Å². The monoisotopic (exact) mass is 422 g/mol. The molecule has 1 amide bonds. The van der Waals surface area contributed by atoms with E-state index in [0.29, 0.717) is 31.2 Å². The SMILES string of the molecule is CNc1ncc(C(=O)N2CCC3(CC2)OCCc2sc(-c4cnccn4)cc23)cn1. The Morgan fingerprint density at radius 1 is 1.17 bits per heavy atom. The van der Waals surface area contributed by atoms with Crippen LogP contribution in [0.25, 0.3) is 10.6 Å². The number of rotatable bonds is 3. The number of nitrogens with one attached hydrogen (secondary N) is 1. The van der Waals surface area contributed by atoms with Gasteiger partial charge >= 0.3 is 0 Å². The first-order valence-electron chi connectivity index (χ1n) is 10.0. The molecule has 0 aromatic carbocycles. The molecule has 0 aliphatic carbocycles. The van der Waals surface area contributed by atoms with Crippen molar-refractivity contribution in [1.29, 1.82) is 0 Å². The second-order valence-electron chi connectivity index (χ2n) is 7.47. The quantitative estimate of drug-likeness (QED) is 0.694. The minimum Gasteiger partial charge on any atom is -0.370 e. The topological polar surface area (TPSA) is 93.1 Å². The van der Waals surface area contributed by atoms with Crippen LogP contribution in [0, 0.1) is 0 Å². The van der Waals surface area contributed by atoms with Gasteiger partial charge in [0.2, 0.25) is 5.95 Å². The zero-order valence-electron chi connectivity index (χ0n) is 16.7. The average molecular weight is 423 g/mol. The summed E-state index contributed by atoms with van der Waals surface area (Å²) in [6, 6.07) is 2.21. The zero-order chi connectivity index (χ0) is 20.6. The first-order chi connectivity index (χ1) is 14.7. The largest absolute Gasteiger partial charge is 0.370 e. The Kier molecular flexibility index (Phi) is 4.92. The fourth-order valence-electron chi connectivity index (χ4n) is 4.20. The van der Waals surface area contributed by atoms with Gasteiger partial charge in [0.1, 0.15) is 0 Å². The molecule has 1 N–H and O–H groups in total. The van der Waals surface area contributed by atoms with Crippen molar-refractivity contribution in [2.75, 3.05) is 32.1 Å². The number of carbonyl (C=O) groups is 1. The van der Waals surface area contributed by atoms with Gasteiger partial charge < -0.3 is 15.0 Å². The maximum absolute atomic E-state index is 12.9. The summed E-state index contributed by atoms with van der Waals surface area (Å²) in [4.78, 5) is 34.2. The number of aromatic nitrogens is 4. The highest BCUT2D eigenvalue weighted by Gasteiger charge is 2.43. The summed E-state index contributed by atoms with van der Waals surface area (Å²) in [6.07, 6.45) is 10.8. The molecule has 0 unspecified atom stereocenters. The summed E-state index contributed by atoms with van der Waals surface area (Å²) in [5.74, 6) is 0.470. The van der Waals surface area contributed by atoms with E-state index in [0.717, 1.165) is 29.8 Å². The second-order valence-corrected chi connectivity index (χ2v) is 8.61. The van der Waals surface area contributed by atoms with Crippen molar-refractivity contribution in [2.24, 2.45) is 0 Å². The van der Waals surface area contributed by atoms with Crippen LogP contribution in [-0.2, 0) is 16.8 Å². The third-order valence-electron chi connectivity index (χ3n) is 5.80. The molecular weight excluding hydrogens is 400 g/mol. The lowest BCUT2D eigenvalue weighted by Gasteiger charge is -2.44. The molecule has 0 bridgehead atoms. The molecule has 0 saturated carbocycles. The molecular formula is C21H22N6O2S. The van der Waals surface area contributed by atoms with Gasteiger partial charge in [0, 0.05) is 56.2 Å². The normalized spacial score (nSPS) is 17.6. The van der Waals surface area contributed by atoms with E-state index in [-0.39, 0.29) is 11.5 Å². The fourth-order valence-corrected chi connectivity index (χ4v) is 5.40. The van der Waals surface area contributed by atoms with Crippen molar-refractivity contribution in [3.63, 3.8) is 0 Å². The summed E-state index contributed by atoms with van der Waals surface area (Å²) in [5, 5.41) is 2.86. The van der Waals surface area contributed by atoms with E-state index < -0.39 is 0 Å². The molecule has 154 valence electrons. The number of nitrogens with zero attached hydrogens (tertiary/aromatic N) is 5. The number of ether oxygens (including phenoxy) is 1. The van der Waals surface area contributed by atoms with Crippen LogP contribution >= 0.6 is 11.3 Å². The Morgan fingerprint density at radius 3 is 2.67 bits per heavy atom. The summed E-state index contributed by atoms with van der Waals surface area (Å²) >= 11 is 1.78. The number of hydrogen-bond donors (Lipinski definition) is 1. The smallest absolute Gasteiger partial charge is 0.256 e. The first-order valence-corrected chi connectivity index (χ1v) is 10.8. The number of amides is 1. The lowest BCUT2D eigenvalue weighted by atomic mass is 9.82.